The van der Waals surface area contributed by atoms with E-state index in [-0.39, 0.29) is 0 Å². The fourth-order valence-corrected chi connectivity index (χ4v) is 3.61. The molecule has 0 aliphatic rings. The van der Waals surface area contributed by atoms with Crippen molar-refractivity contribution in [3.05, 3.63) is 66.0 Å². The van der Waals surface area contributed by atoms with Crippen molar-refractivity contribution in [1.82, 2.24) is 19.5 Å². The average Bonchev–Trinajstić information content (AvgIpc) is 3.14. The highest BCUT2D eigenvalue weighted by molar-refractivity contribution is 7.99. The van der Waals surface area contributed by atoms with Crippen LogP contribution in [-0.4, -0.2) is 31.9 Å². The lowest BCUT2D eigenvalue weighted by atomic mass is 10.1. The SMILES string of the molecule is Cc1c(Cn2ccnc2C(C)C)cccc1OCCCSc1ncccn1. The van der Waals surface area contributed by atoms with Crippen molar-refractivity contribution < 1.29 is 4.74 Å². The van der Waals surface area contributed by atoms with Crippen LogP contribution in [0.3, 0.4) is 0 Å². The van der Waals surface area contributed by atoms with E-state index in [0.29, 0.717) is 12.5 Å². The smallest absolute Gasteiger partial charge is 0.187 e. The minimum absolute atomic E-state index is 0.408. The second kappa shape index (κ2) is 9.55. The van der Waals surface area contributed by atoms with Crippen LogP contribution in [0, 0.1) is 6.92 Å². The van der Waals surface area contributed by atoms with Gasteiger partial charge in [0.1, 0.15) is 11.6 Å². The predicted octanol–water partition coefficient (Wildman–Crippen LogP) is 4.71. The fourth-order valence-electron chi connectivity index (χ4n) is 2.89. The molecule has 1 aromatic carbocycles. The van der Waals surface area contributed by atoms with Gasteiger partial charge in [0.25, 0.3) is 0 Å². The van der Waals surface area contributed by atoms with Crippen molar-refractivity contribution in [2.45, 2.75) is 44.8 Å². The summed E-state index contributed by atoms with van der Waals surface area (Å²) in [4.78, 5) is 12.9. The molecule has 3 aromatic rings. The molecule has 0 radical (unpaired) electrons. The molecule has 2 heterocycles. The summed E-state index contributed by atoms with van der Waals surface area (Å²) in [5, 5.41) is 0.817. The number of rotatable bonds is 9. The van der Waals surface area contributed by atoms with Gasteiger partial charge in [0, 0.05) is 43.0 Å². The Kier molecular flexibility index (Phi) is 6.87. The number of hydrogen-bond donors (Lipinski definition) is 0. The minimum Gasteiger partial charge on any atom is -0.493 e. The summed E-state index contributed by atoms with van der Waals surface area (Å²) in [6.45, 7) is 7.97. The highest BCUT2D eigenvalue weighted by atomic mass is 32.2. The van der Waals surface area contributed by atoms with E-state index >= 15 is 0 Å². The van der Waals surface area contributed by atoms with Crippen LogP contribution in [0.5, 0.6) is 5.75 Å². The van der Waals surface area contributed by atoms with Crippen molar-refractivity contribution in [3.63, 3.8) is 0 Å². The summed E-state index contributed by atoms with van der Waals surface area (Å²) in [5.74, 6) is 3.42. The highest BCUT2D eigenvalue weighted by Crippen LogP contribution is 2.24. The molecule has 0 unspecified atom stereocenters. The van der Waals surface area contributed by atoms with Gasteiger partial charge in [0.15, 0.2) is 5.16 Å². The van der Waals surface area contributed by atoms with E-state index in [1.807, 2.05) is 24.5 Å². The van der Waals surface area contributed by atoms with Crippen LogP contribution in [0.1, 0.15) is 43.1 Å². The first-order valence-corrected chi connectivity index (χ1v) is 10.3. The van der Waals surface area contributed by atoms with Crippen LogP contribution in [0.4, 0.5) is 0 Å². The lowest BCUT2D eigenvalue weighted by molar-refractivity contribution is 0.316. The molecule has 0 amide bonds. The van der Waals surface area contributed by atoms with Crippen molar-refractivity contribution in [2.75, 3.05) is 12.4 Å². The molecule has 0 N–H and O–H groups in total. The van der Waals surface area contributed by atoms with Crippen LogP contribution in [0.15, 0.2) is 54.2 Å². The van der Waals surface area contributed by atoms with Gasteiger partial charge in [-0.15, -0.1) is 0 Å². The molecule has 0 aliphatic heterocycles. The van der Waals surface area contributed by atoms with Crippen molar-refractivity contribution in [3.8, 4) is 5.75 Å². The molecular formula is C21H26N4OS. The molecule has 0 atom stereocenters. The first-order chi connectivity index (χ1) is 13.1. The summed E-state index contributed by atoms with van der Waals surface area (Å²) in [5.41, 5.74) is 2.46. The highest BCUT2D eigenvalue weighted by Gasteiger charge is 2.10. The minimum atomic E-state index is 0.408. The molecule has 0 spiro atoms. The van der Waals surface area contributed by atoms with Crippen LogP contribution < -0.4 is 4.74 Å². The zero-order valence-electron chi connectivity index (χ0n) is 16.1. The Morgan fingerprint density at radius 3 is 2.67 bits per heavy atom. The summed E-state index contributed by atoms with van der Waals surface area (Å²) < 4.78 is 8.25. The van der Waals surface area contributed by atoms with Crippen molar-refractivity contribution >= 4 is 11.8 Å². The van der Waals surface area contributed by atoms with E-state index in [4.69, 9.17) is 4.74 Å². The Balaban J connectivity index is 1.54. The monoisotopic (exact) mass is 382 g/mol. The predicted molar refractivity (Wildman–Crippen MR) is 109 cm³/mol. The molecule has 3 rings (SSSR count). The lowest BCUT2D eigenvalue weighted by Gasteiger charge is -2.15. The third-order valence-corrected chi connectivity index (χ3v) is 5.28. The molecule has 0 bridgehead atoms. The maximum atomic E-state index is 6.03. The van der Waals surface area contributed by atoms with E-state index in [2.05, 4.69) is 52.4 Å². The van der Waals surface area contributed by atoms with Crippen LogP contribution in [0.25, 0.3) is 0 Å². The average molecular weight is 383 g/mol. The summed E-state index contributed by atoms with van der Waals surface area (Å²) in [6.07, 6.45) is 8.41. The van der Waals surface area contributed by atoms with Crippen molar-refractivity contribution in [2.24, 2.45) is 0 Å². The zero-order valence-corrected chi connectivity index (χ0v) is 16.9. The van der Waals surface area contributed by atoms with E-state index in [1.54, 1.807) is 24.2 Å². The second-order valence-electron chi connectivity index (χ2n) is 6.69. The van der Waals surface area contributed by atoms with Gasteiger partial charge in [0.05, 0.1) is 6.61 Å². The quantitative estimate of drug-likeness (QED) is 0.305. The molecule has 27 heavy (non-hydrogen) atoms. The maximum Gasteiger partial charge on any atom is 0.187 e. The van der Waals surface area contributed by atoms with Gasteiger partial charge in [-0.1, -0.05) is 37.7 Å². The standard InChI is InChI=1S/C21H26N4OS/c1-16(2)20-22-11-12-25(20)15-18-7-4-8-19(17(18)3)26-13-6-14-27-21-23-9-5-10-24-21/h4-5,7-12,16H,6,13-15H2,1-3H3. The Bertz CT molecular complexity index is 848. The van der Waals surface area contributed by atoms with Crippen LogP contribution >= 0.6 is 11.8 Å². The molecule has 2 aromatic heterocycles. The third-order valence-electron chi connectivity index (χ3n) is 4.32. The van der Waals surface area contributed by atoms with Gasteiger partial charge in [-0.05, 0) is 36.6 Å². The number of ether oxygens (including phenoxy) is 1. The molecule has 0 saturated carbocycles. The van der Waals surface area contributed by atoms with Gasteiger partial charge in [-0.2, -0.15) is 0 Å². The summed E-state index contributed by atoms with van der Waals surface area (Å²) in [7, 11) is 0. The van der Waals surface area contributed by atoms with Gasteiger partial charge < -0.3 is 9.30 Å². The maximum absolute atomic E-state index is 6.03. The number of imidazole rings is 1. The largest absolute Gasteiger partial charge is 0.493 e. The summed E-state index contributed by atoms with van der Waals surface area (Å²) in [6, 6.07) is 8.10. The lowest BCUT2D eigenvalue weighted by Crippen LogP contribution is -2.08. The third kappa shape index (κ3) is 5.32. The van der Waals surface area contributed by atoms with Gasteiger partial charge in [0.2, 0.25) is 0 Å². The van der Waals surface area contributed by atoms with E-state index in [1.165, 1.54) is 11.1 Å². The molecule has 0 aliphatic carbocycles. The fraction of sp³-hybridized carbons (Fsp3) is 0.381. The van der Waals surface area contributed by atoms with Crippen molar-refractivity contribution in [1.29, 1.82) is 0 Å². The Hall–Kier alpha value is -2.34. The molecular weight excluding hydrogens is 356 g/mol. The molecule has 0 saturated heterocycles. The number of hydrogen-bond acceptors (Lipinski definition) is 5. The Morgan fingerprint density at radius 2 is 1.89 bits per heavy atom. The molecule has 5 nitrogen and oxygen atoms in total. The van der Waals surface area contributed by atoms with E-state index < -0.39 is 0 Å². The zero-order chi connectivity index (χ0) is 19.1. The Labute approximate surface area is 165 Å². The normalized spacial score (nSPS) is 11.1. The number of aromatic nitrogens is 4. The first kappa shape index (κ1) is 19.4. The molecule has 0 fully saturated rings. The molecule has 6 heteroatoms. The second-order valence-corrected chi connectivity index (χ2v) is 7.75. The van der Waals surface area contributed by atoms with E-state index in [0.717, 1.165) is 35.4 Å². The van der Waals surface area contributed by atoms with Gasteiger partial charge in [-0.3, -0.25) is 0 Å². The van der Waals surface area contributed by atoms with E-state index in [9.17, 15) is 0 Å². The number of nitrogens with zero attached hydrogens (tertiary/aromatic N) is 4. The number of thioether (sulfide) groups is 1. The topological polar surface area (TPSA) is 52.8 Å². The summed E-state index contributed by atoms with van der Waals surface area (Å²) >= 11 is 1.66. The Morgan fingerprint density at radius 1 is 1.07 bits per heavy atom. The number of benzene rings is 1. The van der Waals surface area contributed by atoms with Crippen LogP contribution in [-0.2, 0) is 6.54 Å². The van der Waals surface area contributed by atoms with Gasteiger partial charge in [-0.25, -0.2) is 15.0 Å². The van der Waals surface area contributed by atoms with Crippen LogP contribution in [0.2, 0.25) is 0 Å². The molecule has 142 valence electrons. The first-order valence-electron chi connectivity index (χ1n) is 9.27. The van der Waals surface area contributed by atoms with Gasteiger partial charge >= 0.3 is 0 Å².